The van der Waals surface area contributed by atoms with Gasteiger partial charge in [-0.3, -0.25) is 14.8 Å². The summed E-state index contributed by atoms with van der Waals surface area (Å²) in [5, 5.41) is 0.993. The third kappa shape index (κ3) is 2.58. The van der Waals surface area contributed by atoms with E-state index >= 15 is 0 Å². The summed E-state index contributed by atoms with van der Waals surface area (Å²) in [7, 11) is 0. The van der Waals surface area contributed by atoms with E-state index in [0.29, 0.717) is 5.92 Å². The minimum atomic E-state index is 0.181. The predicted molar refractivity (Wildman–Crippen MR) is 102 cm³/mol. The fourth-order valence-electron chi connectivity index (χ4n) is 4.41. The molecule has 0 aromatic carbocycles. The van der Waals surface area contributed by atoms with Crippen LogP contribution in [0.15, 0.2) is 34.2 Å². The summed E-state index contributed by atoms with van der Waals surface area (Å²) in [5.41, 5.74) is 1.07. The molecule has 5 aliphatic heterocycles. The monoisotopic (exact) mass is 370 g/mol. The third-order valence-electron chi connectivity index (χ3n) is 5.77. The summed E-state index contributed by atoms with van der Waals surface area (Å²) in [6.07, 6.45) is 7.50. The van der Waals surface area contributed by atoms with Crippen LogP contribution in [-0.2, 0) is 4.79 Å². The maximum absolute atomic E-state index is 13.3. The number of aliphatic imine (C=N–C) groups is 1. The fourth-order valence-corrected chi connectivity index (χ4v) is 5.55. The van der Waals surface area contributed by atoms with Gasteiger partial charge < -0.3 is 14.7 Å². The molecule has 5 aliphatic rings. The SMILES string of the molecule is CC1=C(C(=O)N2C[C@H]3CC[C@@H]2CN(c2cnccn2)C3)SC2=NCCN21. The zero-order chi connectivity index (χ0) is 17.7. The number of allylic oxidation sites excluding steroid dienone is 1. The average molecular weight is 370 g/mol. The maximum Gasteiger partial charge on any atom is 0.262 e. The number of fused-ring (bicyclic) bond motifs is 5. The Labute approximate surface area is 157 Å². The van der Waals surface area contributed by atoms with E-state index in [1.54, 1.807) is 24.2 Å². The van der Waals surface area contributed by atoms with Crippen LogP contribution < -0.4 is 4.90 Å². The standard InChI is InChI=1S/C18H22N6OS/c1-12-16(26-18-21-6-7-23(12)18)17(25)24-10-13-2-3-14(24)11-22(9-13)15-8-19-4-5-20-15/h4-5,8,13-14H,2-3,6-7,9-11H2,1H3/t13-,14+/m0/s1. The van der Waals surface area contributed by atoms with Crippen LogP contribution >= 0.6 is 11.8 Å². The van der Waals surface area contributed by atoms with Gasteiger partial charge in [0.2, 0.25) is 0 Å². The topological polar surface area (TPSA) is 64.9 Å². The van der Waals surface area contributed by atoms with Crippen LogP contribution in [0.3, 0.4) is 0 Å². The number of thioether (sulfide) groups is 1. The van der Waals surface area contributed by atoms with Crippen molar-refractivity contribution in [3.8, 4) is 0 Å². The largest absolute Gasteiger partial charge is 0.353 e. The van der Waals surface area contributed by atoms with E-state index in [0.717, 1.165) is 60.7 Å². The van der Waals surface area contributed by atoms with Gasteiger partial charge in [-0.05, 0) is 37.4 Å². The highest BCUT2D eigenvalue weighted by molar-refractivity contribution is 8.18. The molecule has 6 heterocycles. The van der Waals surface area contributed by atoms with Crippen molar-refractivity contribution in [3.05, 3.63) is 29.2 Å². The molecule has 0 radical (unpaired) electrons. The van der Waals surface area contributed by atoms with E-state index in [9.17, 15) is 4.79 Å². The van der Waals surface area contributed by atoms with Crippen molar-refractivity contribution in [3.63, 3.8) is 0 Å². The number of amides is 1. The number of anilines is 1. The molecule has 6 rings (SSSR count). The number of hydrogen-bond donors (Lipinski definition) is 0. The Balaban J connectivity index is 1.39. The number of carbonyl (C=O) groups excluding carboxylic acids is 1. The quantitative estimate of drug-likeness (QED) is 0.787. The van der Waals surface area contributed by atoms with Crippen LogP contribution in [0.5, 0.6) is 0 Å². The van der Waals surface area contributed by atoms with Crippen LogP contribution in [0.4, 0.5) is 5.82 Å². The summed E-state index contributed by atoms with van der Waals surface area (Å²) < 4.78 is 0. The first-order chi connectivity index (χ1) is 12.7. The van der Waals surface area contributed by atoms with Crippen molar-refractivity contribution < 1.29 is 4.79 Å². The lowest BCUT2D eigenvalue weighted by Gasteiger charge is -2.36. The van der Waals surface area contributed by atoms with E-state index in [2.05, 4.69) is 36.6 Å². The molecule has 2 atom stereocenters. The third-order valence-corrected chi connectivity index (χ3v) is 6.98. The van der Waals surface area contributed by atoms with Crippen molar-refractivity contribution in [2.24, 2.45) is 10.9 Å². The lowest BCUT2D eigenvalue weighted by molar-refractivity contribution is -0.130. The summed E-state index contributed by atoms with van der Waals surface area (Å²) in [6, 6.07) is 0.238. The second-order valence-corrected chi connectivity index (χ2v) is 8.33. The number of rotatable bonds is 2. The minimum Gasteiger partial charge on any atom is -0.353 e. The second kappa shape index (κ2) is 6.26. The predicted octanol–water partition coefficient (Wildman–Crippen LogP) is 1.55. The van der Waals surface area contributed by atoms with Gasteiger partial charge in [-0.2, -0.15) is 0 Å². The van der Waals surface area contributed by atoms with E-state index < -0.39 is 0 Å². The summed E-state index contributed by atoms with van der Waals surface area (Å²) >= 11 is 1.55. The Morgan fingerprint density at radius 1 is 1.23 bits per heavy atom. The molecule has 3 saturated heterocycles. The first-order valence-electron chi connectivity index (χ1n) is 9.23. The van der Waals surface area contributed by atoms with Gasteiger partial charge in [0, 0.05) is 50.3 Å². The molecular formula is C18H22N6OS. The van der Waals surface area contributed by atoms with Crippen LogP contribution in [0, 0.1) is 5.92 Å². The molecule has 0 spiro atoms. The molecule has 0 saturated carbocycles. The number of aromatic nitrogens is 2. The number of carbonyl (C=O) groups is 1. The summed E-state index contributed by atoms with van der Waals surface area (Å²) in [5.74, 6) is 1.59. The van der Waals surface area contributed by atoms with E-state index in [-0.39, 0.29) is 11.9 Å². The first-order valence-corrected chi connectivity index (χ1v) is 10.0. The van der Waals surface area contributed by atoms with E-state index in [1.807, 2.05) is 6.20 Å². The molecule has 8 heteroatoms. The van der Waals surface area contributed by atoms with Crippen molar-refractivity contribution in [1.29, 1.82) is 0 Å². The Kier molecular flexibility index (Phi) is 3.88. The average Bonchev–Trinajstić information content (AvgIpc) is 3.12. The van der Waals surface area contributed by atoms with Crippen molar-refractivity contribution in [2.45, 2.75) is 25.8 Å². The highest BCUT2D eigenvalue weighted by Crippen LogP contribution is 2.39. The van der Waals surface area contributed by atoms with Gasteiger partial charge in [0.05, 0.1) is 17.6 Å². The van der Waals surface area contributed by atoms with Crippen LogP contribution in [0.2, 0.25) is 0 Å². The Morgan fingerprint density at radius 2 is 2.15 bits per heavy atom. The van der Waals surface area contributed by atoms with Gasteiger partial charge in [0.25, 0.3) is 5.91 Å². The van der Waals surface area contributed by atoms with Crippen LogP contribution in [-0.4, -0.2) is 69.6 Å². The zero-order valence-corrected chi connectivity index (χ0v) is 15.7. The molecule has 0 aliphatic carbocycles. The summed E-state index contributed by atoms with van der Waals surface area (Å²) in [4.78, 5) is 34.0. The van der Waals surface area contributed by atoms with Crippen LogP contribution in [0.1, 0.15) is 19.8 Å². The lowest BCUT2D eigenvalue weighted by atomic mass is 9.95. The number of nitrogens with zero attached hydrogens (tertiary/aromatic N) is 6. The van der Waals surface area contributed by atoms with Crippen molar-refractivity contribution in [2.75, 3.05) is 37.6 Å². The van der Waals surface area contributed by atoms with Gasteiger partial charge in [-0.25, -0.2) is 4.98 Å². The molecule has 1 aromatic heterocycles. The number of amidine groups is 1. The maximum atomic E-state index is 13.3. The molecule has 0 unspecified atom stereocenters. The molecule has 0 N–H and O–H groups in total. The zero-order valence-electron chi connectivity index (χ0n) is 14.8. The Hall–Kier alpha value is -2.09. The second-order valence-electron chi connectivity index (χ2n) is 7.36. The Bertz CT molecular complexity index is 794. The smallest absolute Gasteiger partial charge is 0.262 e. The lowest BCUT2D eigenvalue weighted by Crippen LogP contribution is -2.47. The van der Waals surface area contributed by atoms with E-state index in [1.165, 1.54) is 6.42 Å². The van der Waals surface area contributed by atoms with E-state index in [4.69, 9.17) is 0 Å². The molecule has 2 bridgehead atoms. The van der Waals surface area contributed by atoms with Gasteiger partial charge in [0.1, 0.15) is 5.82 Å². The summed E-state index contributed by atoms with van der Waals surface area (Å²) in [6.45, 7) is 6.41. The van der Waals surface area contributed by atoms with Crippen LogP contribution in [0.25, 0.3) is 0 Å². The molecule has 1 aromatic rings. The molecule has 7 nitrogen and oxygen atoms in total. The normalized spacial score (nSPS) is 27.7. The van der Waals surface area contributed by atoms with Crippen molar-refractivity contribution >= 4 is 28.7 Å². The van der Waals surface area contributed by atoms with Gasteiger partial charge in [0.15, 0.2) is 5.17 Å². The highest BCUT2D eigenvalue weighted by Gasteiger charge is 2.41. The highest BCUT2D eigenvalue weighted by atomic mass is 32.2. The van der Waals surface area contributed by atoms with Crippen molar-refractivity contribution in [1.82, 2.24) is 19.8 Å². The minimum absolute atomic E-state index is 0.181. The van der Waals surface area contributed by atoms with Gasteiger partial charge in [-0.15, -0.1) is 0 Å². The fraction of sp³-hybridized carbons (Fsp3) is 0.556. The molecular weight excluding hydrogens is 348 g/mol. The Morgan fingerprint density at radius 3 is 2.96 bits per heavy atom. The van der Waals surface area contributed by atoms with Gasteiger partial charge >= 0.3 is 0 Å². The number of piperidine rings is 1. The molecule has 26 heavy (non-hydrogen) atoms. The van der Waals surface area contributed by atoms with Gasteiger partial charge in [-0.1, -0.05) is 0 Å². The first kappa shape index (κ1) is 16.1. The molecule has 3 fully saturated rings. The molecule has 1 amide bonds. The molecule has 136 valence electrons. The number of hydrogen-bond acceptors (Lipinski definition) is 7.